The van der Waals surface area contributed by atoms with Crippen LogP contribution in [0.4, 0.5) is 13.2 Å². The molecular weight excluding hydrogens is 269 g/mol. The van der Waals surface area contributed by atoms with Crippen LogP contribution in [0.25, 0.3) is 0 Å². The Morgan fingerprint density at radius 3 is 2.33 bits per heavy atom. The van der Waals surface area contributed by atoms with Crippen molar-refractivity contribution in [1.82, 2.24) is 4.98 Å². The number of hydrogen-bond acceptors (Lipinski definition) is 3. The van der Waals surface area contributed by atoms with Gasteiger partial charge in [-0.3, -0.25) is 4.98 Å². The van der Waals surface area contributed by atoms with E-state index in [2.05, 4.69) is 4.98 Å². The summed E-state index contributed by atoms with van der Waals surface area (Å²) in [6, 6.07) is 2.31. The molecule has 1 heterocycles. The quantitative estimate of drug-likeness (QED) is 0.896. The number of pyridine rings is 1. The normalized spacial score (nSPS) is 19.3. The molecule has 0 amide bonds. The van der Waals surface area contributed by atoms with Crippen molar-refractivity contribution in [2.45, 2.75) is 35.7 Å². The molecule has 8 heteroatoms. The van der Waals surface area contributed by atoms with Crippen molar-refractivity contribution in [2.75, 3.05) is 0 Å². The van der Waals surface area contributed by atoms with Crippen LogP contribution < -0.4 is 5.14 Å². The van der Waals surface area contributed by atoms with Crippen molar-refractivity contribution in [2.24, 2.45) is 5.14 Å². The van der Waals surface area contributed by atoms with Gasteiger partial charge in [0.1, 0.15) is 10.3 Å². The van der Waals surface area contributed by atoms with Crippen LogP contribution in [0.15, 0.2) is 23.2 Å². The van der Waals surface area contributed by atoms with Gasteiger partial charge in [0.05, 0.1) is 5.69 Å². The fraction of sp³-hybridized carbons (Fsp3) is 0.500. The van der Waals surface area contributed by atoms with Gasteiger partial charge in [-0.2, -0.15) is 13.2 Å². The van der Waals surface area contributed by atoms with E-state index in [1.54, 1.807) is 0 Å². The van der Waals surface area contributed by atoms with E-state index < -0.39 is 32.2 Å². The third-order valence-corrected chi connectivity index (χ3v) is 4.22. The topological polar surface area (TPSA) is 73.1 Å². The number of primary sulfonamides is 1. The molecule has 0 radical (unpaired) electrons. The van der Waals surface area contributed by atoms with Crippen molar-refractivity contribution in [3.8, 4) is 0 Å². The molecule has 2 rings (SSSR count). The summed E-state index contributed by atoms with van der Waals surface area (Å²) in [6.45, 7) is 0. The smallest absolute Gasteiger partial charge is 0.259 e. The van der Waals surface area contributed by atoms with Crippen molar-refractivity contribution in [3.63, 3.8) is 0 Å². The van der Waals surface area contributed by atoms with Gasteiger partial charge in [-0.05, 0) is 25.0 Å². The largest absolute Gasteiger partial charge is 0.399 e. The van der Waals surface area contributed by atoms with Crippen molar-refractivity contribution < 1.29 is 21.6 Å². The van der Waals surface area contributed by atoms with E-state index in [1.807, 2.05) is 0 Å². The maximum Gasteiger partial charge on any atom is 0.399 e. The molecule has 1 aromatic rings. The maximum absolute atomic E-state index is 13.1. The first kappa shape index (κ1) is 13.3. The van der Waals surface area contributed by atoms with Crippen molar-refractivity contribution >= 4 is 10.0 Å². The monoisotopic (exact) mass is 280 g/mol. The van der Waals surface area contributed by atoms with Crippen LogP contribution in [0.2, 0.25) is 0 Å². The van der Waals surface area contributed by atoms with E-state index in [-0.39, 0.29) is 12.8 Å². The first-order valence-electron chi connectivity index (χ1n) is 5.23. The molecule has 0 aromatic carbocycles. The van der Waals surface area contributed by atoms with E-state index in [0.717, 1.165) is 12.3 Å². The Kier molecular flexibility index (Phi) is 2.90. The molecule has 0 unspecified atom stereocenters. The van der Waals surface area contributed by atoms with Crippen LogP contribution in [0.1, 0.15) is 25.0 Å². The fourth-order valence-corrected chi connectivity index (χ4v) is 2.95. The molecule has 0 aliphatic heterocycles. The number of halogens is 3. The lowest BCUT2D eigenvalue weighted by molar-refractivity contribution is -0.214. The molecule has 0 bridgehead atoms. The lowest BCUT2D eigenvalue weighted by atomic mass is 9.66. The number of aromatic nitrogens is 1. The van der Waals surface area contributed by atoms with E-state index in [0.29, 0.717) is 6.42 Å². The van der Waals surface area contributed by atoms with Gasteiger partial charge >= 0.3 is 6.18 Å². The van der Waals surface area contributed by atoms with E-state index in [1.165, 1.54) is 6.07 Å². The molecule has 100 valence electrons. The highest BCUT2D eigenvalue weighted by Gasteiger charge is 2.61. The van der Waals surface area contributed by atoms with Gasteiger partial charge in [0.25, 0.3) is 0 Å². The minimum absolute atomic E-state index is 0.157. The second kappa shape index (κ2) is 3.92. The maximum atomic E-state index is 13.1. The van der Waals surface area contributed by atoms with Gasteiger partial charge < -0.3 is 0 Å². The average Bonchev–Trinajstić information content (AvgIpc) is 2.12. The number of sulfonamides is 1. The number of nitrogens with zero attached hydrogens (tertiary/aromatic N) is 1. The van der Waals surface area contributed by atoms with Crippen LogP contribution in [0, 0.1) is 0 Å². The van der Waals surface area contributed by atoms with Gasteiger partial charge in [-0.15, -0.1) is 0 Å². The lowest BCUT2D eigenvalue weighted by Crippen LogP contribution is -2.49. The second-order valence-electron chi connectivity index (χ2n) is 4.33. The third-order valence-electron chi connectivity index (χ3n) is 3.28. The summed E-state index contributed by atoms with van der Waals surface area (Å²) >= 11 is 0. The molecule has 0 saturated heterocycles. The van der Waals surface area contributed by atoms with Crippen molar-refractivity contribution in [1.29, 1.82) is 0 Å². The third kappa shape index (κ3) is 1.89. The minimum atomic E-state index is -4.53. The zero-order valence-corrected chi connectivity index (χ0v) is 10.1. The molecule has 0 spiro atoms. The van der Waals surface area contributed by atoms with Crippen LogP contribution >= 0.6 is 0 Å². The summed E-state index contributed by atoms with van der Waals surface area (Å²) in [4.78, 5) is 3.09. The highest BCUT2D eigenvalue weighted by molar-refractivity contribution is 7.89. The fourth-order valence-electron chi connectivity index (χ4n) is 2.16. The molecule has 1 aliphatic carbocycles. The van der Waals surface area contributed by atoms with Crippen LogP contribution in [0.5, 0.6) is 0 Å². The van der Waals surface area contributed by atoms with Crippen LogP contribution in [-0.2, 0) is 15.4 Å². The predicted octanol–water partition coefficient (Wildman–Crippen LogP) is 1.71. The predicted molar refractivity (Wildman–Crippen MR) is 57.2 cm³/mol. The van der Waals surface area contributed by atoms with Gasteiger partial charge in [0, 0.05) is 6.20 Å². The molecular formula is C10H11F3N2O2S. The van der Waals surface area contributed by atoms with Gasteiger partial charge in [-0.1, -0.05) is 6.42 Å². The summed E-state index contributed by atoms with van der Waals surface area (Å²) in [5, 5.41) is 4.94. The van der Waals surface area contributed by atoms with Gasteiger partial charge in [-0.25, -0.2) is 13.6 Å². The number of alkyl halides is 3. The Labute approximate surface area is 102 Å². The average molecular weight is 280 g/mol. The summed E-state index contributed by atoms with van der Waals surface area (Å²) in [5.41, 5.74) is -2.65. The Hall–Kier alpha value is -1.15. The Morgan fingerprint density at radius 2 is 1.94 bits per heavy atom. The summed E-state index contributed by atoms with van der Waals surface area (Å²) in [5.74, 6) is 0. The second-order valence-corrected chi connectivity index (χ2v) is 5.86. The molecule has 0 atom stereocenters. The molecule has 2 N–H and O–H groups in total. The van der Waals surface area contributed by atoms with Crippen molar-refractivity contribution in [3.05, 3.63) is 24.0 Å². The molecule has 1 saturated carbocycles. The number of hydrogen-bond donors (Lipinski definition) is 1. The highest BCUT2D eigenvalue weighted by Crippen LogP contribution is 2.55. The molecule has 1 aromatic heterocycles. The highest BCUT2D eigenvalue weighted by atomic mass is 32.2. The summed E-state index contributed by atoms with van der Waals surface area (Å²) in [6.07, 6.45) is -3.30. The first-order valence-corrected chi connectivity index (χ1v) is 6.78. The molecule has 1 fully saturated rings. The SMILES string of the molecule is NS(=O)(=O)c1cccnc1C1(C(F)(F)F)CCC1. The zero-order valence-electron chi connectivity index (χ0n) is 9.24. The van der Waals surface area contributed by atoms with Gasteiger partial charge in [0.15, 0.2) is 0 Å². The Bertz CT molecular complexity index is 565. The number of nitrogens with two attached hydrogens (primary N) is 1. The minimum Gasteiger partial charge on any atom is -0.259 e. The Balaban J connectivity index is 2.65. The first-order chi connectivity index (χ1) is 8.18. The van der Waals surface area contributed by atoms with Crippen LogP contribution in [-0.4, -0.2) is 19.6 Å². The van der Waals surface area contributed by atoms with E-state index in [4.69, 9.17) is 5.14 Å². The summed E-state index contributed by atoms with van der Waals surface area (Å²) in [7, 11) is -4.22. The van der Waals surface area contributed by atoms with Crippen LogP contribution in [0.3, 0.4) is 0 Å². The molecule has 1 aliphatic rings. The van der Waals surface area contributed by atoms with Gasteiger partial charge in [0.2, 0.25) is 10.0 Å². The molecule has 4 nitrogen and oxygen atoms in total. The van der Waals surface area contributed by atoms with E-state index in [9.17, 15) is 21.6 Å². The molecule has 18 heavy (non-hydrogen) atoms. The standard InChI is InChI=1S/C10H11F3N2O2S/c11-10(12,13)9(4-2-5-9)8-7(18(14,16)17)3-1-6-15-8/h1,3,6H,2,4-5H2,(H2,14,16,17). The summed E-state index contributed by atoms with van der Waals surface area (Å²) < 4.78 is 62.1. The van der Waals surface area contributed by atoms with E-state index >= 15 is 0 Å². The lowest BCUT2D eigenvalue weighted by Gasteiger charge is -2.43. The Morgan fingerprint density at radius 1 is 1.33 bits per heavy atom. The number of rotatable bonds is 2. The zero-order chi connectivity index (χ0) is 13.6.